The molecule has 2 aromatic carbocycles. The molecule has 0 aliphatic carbocycles. The molecule has 8 nitrogen and oxygen atoms in total. The van der Waals surface area contributed by atoms with Gasteiger partial charge in [-0.3, -0.25) is 9.59 Å². The number of anilines is 3. The van der Waals surface area contributed by atoms with E-state index in [9.17, 15) is 9.59 Å². The van der Waals surface area contributed by atoms with Gasteiger partial charge in [0.25, 0.3) is 11.5 Å². The number of nitrogens with two attached hydrogens (primary N) is 1. The number of aromatic nitrogens is 2. The van der Waals surface area contributed by atoms with Crippen molar-refractivity contribution in [1.82, 2.24) is 19.8 Å². The first-order valence-electron chi connectivity index (χ1n) is 10.6. The molecule has 0 aliphatic rings. The number of benzene rings is 2. The maximum Gasteiger partial charge on any atom is 0.293 e. The van der Waals surface area contributed by atoms with Gasteiger partial charge in [0.1, 0.15) is 0 Å². The smallest absolute Gasteiger partial charge is 0.293 e. The van der Waals surface area contributed by atoms with E-state index in [0.717, 1.165) is 24.2 Å². The molecular formula is C24H30N6O2. The van der Waals surface area contributed by atoms with Crippen molar-refractivity contribution in [2.24, 2.45) is 7.05 Å². The monoisotopic (exact) mass is 434 g/mol. The van der Waals surface area contributed by atoms with Gasteiger partial charge in [-0.2, -0.15) is 0 Å². The first-order chi connectivity index (χ1) is 15.3. The summed E-state index contributed by atoms with van der Waals surface area (Å²) >= 11 is 0. The number of aryl methyl sites for hydroxylation is 1. The van der Waals surface area contributed by atoms with Crippen LogP contribution >= 0.6 is 0 Å². The third-order valence-corrected chi connectivity index (χ3v) is 5.34. The van der Waals surface area contributed by atoms with E-state index >= 15 is 0 Å². The van der Waals surface area contributed by atoms with Crippen molar-refractivity contribution in [2.45, 2.75) is 13.8 Å². The Kier molecular flexibility index (Phi) is 7.27. The van der Waals surface area contributed by atoms with Gasteiger partial charge in [-0.15, -0.1) is 0 Å². The van der Waals surface area contributed by atoms with Crippen molar-refractivity contribution >= 4 is 23.1 Å². The molecule has 0 unspecified atom stereocenters. The summed E-state index contributed by atoms with van der Waals surface area (Å²) in [4.78, 5) is 31.4. The van der Waals surface area contributed by atoms with E-state index in [0.29, 0.717) is 29.2 Å². The number of carbonyl (C=O) groups excluding carboxylic acids is 1. The van der Waals surface area contributed by atoms with Crippen molar-refractivity contribution in [3.63, 3.8) is 0 Å². The molecule has 0 saturated carbocycles. The number of nitrogens with zero attached hydrogens (tertiary/aromatic N) is 3. The fourth-order valence-electron chi connectivity index (χ4n) is 3.33. The van der Waals surface area contributed by atoms with Crippen LogP contribution in [0.25, 0.3) is 11.3 Å². The topological polar surface area (TPSA) is 105 Å². The zero-order valence-electron chi connectivity index (χ0n) is 19.0. The number of nitrogens with one attached hydrogen (secondary N) is 2. The summed E-state index contributed by atoms with van der Waals surface area (Å²) in [5.41, 5.74) is 10.1. The van der Waals surface area contributed by atoms with Gasteiger partial charge < -0.3 is 25.8 Å². The lowest BCUT2D eigenvalue weighted by Crippen LogP contribution is -2.33. The van der Waals surface area contributed by atoms with Gasteiger partial charge in [-0.05, 0) is 49.4 Å². The van der Waals surface area contributed by atoms with E-state index in [1.165, 1.54) is 4.57 Å². The Morgan fingerprint density at radius 3 is 2.59 bits per heavy atom. The van der Waals surface area contributed by atoms with Gasteiger partial charge in [0.05, 0.1) is 5.69 Å². The van der Waals surface area contributed by atoms with Crippen molar-refractivity contribution < 1.29 is 4.79 Å². The van der Waals surface area contributed by atoms with E-state index in [2.05, 4.69) is 15.6 Å². The second-order valence-corrected chi connectivity index (χ2v) is 7.69. The highest BCUT2D eigenvalue weighted by Gasteiger charge is 2.13. The molecule has 0 radical (unpaired) electrons. The van der Waals surface area contributed by atoms with Crippen molar-refractivity contribution in [3.05, 3.63) is 70.1 Å². The number of nitrogen functional groups attached to an aromatic ring is 1. The Bertz CT molecular complexity index is 1150. The minimum Gasteiger partial charge on any atom is -0.398 e. The van der Waals surface area contributed by atoms with Crippen molar-refractivity contribution in [1.29, 1.82) is 0 Å². The highest BCUT2D eigenvalue weighted by Crippen LogP contribution is 2.26. The molecule has 3 rings (SSSR count). The number of likely N-dealkylation sites (N-methyl/N-ethyl adjacent to an activating group) is 2. The quantitative estimate of drug-likeness (QED) is 0.372. The summed E-state index contributed by atoms with van der Waals surface area (Å²) in [5.74, 6) is 0.149. The minimum atomic E-state index is -0.251. The first kappa shape index (κ1) is 23.0. The molecule has 0 saturated heterocycles. The molecule has 8 heteroatoms. The van der Waals surface area contributed by atoms with Crippen molar-refractivity contribution in [2.75, 3.05) is 37.7 Å². The van der Waals surface area contributed by atoms with Crippen LogP contribution in [-0.2, 0) is 7.05 Å². The second-order valence-electron chi connectivity index (χ2n) is 7.69. The Hall–Kier alpha value is -3.65. The fraction of sp³-hybridized carbons (Fsp3) is 0.292. The molecule has 32 heavy (non-hydrogen) atoms. The Balaban J connectivity index is 1.81. The van der Waals surface area contributed by atoms with Crippen LogP contribution in [0.1, 0.15) is 22.8 Å². The maximum absolute atomic E-state index is 12.6. The average molecular weight is 435 g/mol. The van der Waals surface area contributed by atoms with E-state index in [1.54, 1.807) is 49.5 Å². The predicted molar refractivity (Wildman–Crippen MR) is 129 cm³/mol. The number of hydrogen-bond acceptors (Lipinski definition) is 6. The van der Waals surface area contributed by atoms with Gasteiger partial charge in [-0.1, -0.05) is 19.1 Å². The number of amides is 1. The summed E-state index contributed by atoms with van der Waals surface area (Å²) < 4.78 is 1.49. The molecule has 168 valence electrons. The molecule has 1 aromatic heterocycles. The summed E-state index contributed by atoms with van der Waals surface area (Å²) in [7, 11) is 3.47. The molecule has 1 amide bonds. The normalized spacial score (nSPS) is 10.8. The molecule has 0 fully saturated rings. The summed E-state index contributed by atoms with van der Waals surface area (Å²) in [6, 6.07) is 12.6. The Morgan fingerprint density at radius 2 is 1.91 bits per heavy atom. The lowest BCUT2D eigenvalue weighted by molar-refractivity contribution is 0.0796. The second kappa shape index (κ2) is 10.1. The van der Waals surface area contributed by atoms with Crippen molar-refractivity contribution in [3.8, 4) is 11.3 Å². The first-order valence-corrected chi connectivity index (χ1v) is 10.6. The van der Waals surface area contributed by atoms with Crippen LogP contribution in [-0.4, -0.2) is 47.0 Å². The number of hydrogen-bond donors (Lipinski definition) is 3. The molecule has 0 bridgehead atoms. The Morgan fingerprint density at radius 1 is 1.19 bits per heavy atom. The highest BCUT2D eigenvalue weighted by molar-refractivity contribution is 5.94. The van der Waals surface area contributed by atoms with Gasteiger partial charge >= 0.3 is 0 Å². The predicted octanol–water partition coefficient (Wildman–Crippen LogP) is 2.76. The molecule has 1 heterocycles. The fourth-order valence-corrected chi connectivity index (χ4v) is 3.33. The third-order valence-electron chi connectivity index (χ3n) is 5.34. The lowest BCUT2D eigenvalue weighted by atomic mass is 10.0. The van der Waals surface area contributed by atoms with Crippen LogP contribution in [0.4, 0.5) is 17.2 Å². The molecule has 0 spiro atoms. The largest absolute Gasteiger partial charge is 0.398 e. The van der Waals surface area contributed by atoms with E-state index in [4.69, 9.17) is 5.73 Å². The standard InChI is InChI=1S/C24H30N6O2/c1-5-26-13-14-29(3)23(31)17-9-11-18(12-10-17)27-22-24(32)30(4)15-21(28-22)19-7-6-8-20(25)16(19)2/h6-12,15,26H,5,13-14,25H2,1-4H3,(H,27,28). The molecule has 0 atom stereocenters. The van der Waals surface area contributed by atoms with Crippen LogP contribution in [0.15, 0.2) is 53.5 Å². The maximum atomic E-state index is 12.6. The molecule has 0 aliphatic heterocycles. The molecular weight excluding hydrogens is 404 g/mol. The van der Waals surface area contributed by atoms with Crippen LogP contribution in [0.5, 0.6) is 0 Å². The van der Waals surface area contributed by atoms with E-state index < -0.39 is 0 Å². The van der Waals surface area contributed by atoms with Crippen LogP contribution in [0.3, 0.4) is 0 Å². The zero-order valence-corrected chi connectivity index (χ0v) is 19.0. The van der Waals surface area contributed by atoms with Gasteiger partial charge in [0.15, 0.2) is 5.82 Å². The summed E-state index contributed by atoms with van der Waals surface area (Å²) in [6.07, 6.45) is 1.69. The number of rotatable bonds is 8. The van der Waals surface area contributed by atoms with Crippen LogP contribution in [0, 0.1) is 6.92 Å². The number of carbonyl (C=O) groups is 1. The highest BCUT2D eigenvalue weighted by atomic mass is 16.2. The summed E-state index contributed by atoms with van der Waals surface area (Å²) in [6.45, 7) is 6.20. The minimum absolute atomic E-state index is 0.0531. The molecule has 4 N–H and O–H groups in total. The summed E-state index contributed by atoms with van der Waals surface area (Å²) in [5, 5.41) is 6.29. The SMILES string of the molecule is CCNCCN(C)C(=O)c1ccc(Nc2nc(-c3cccc(N)c3C)cn(C)c2=O)cc1. The van der Waals surface area contributed by atoms with E-state index in [-0.39, 0.29) is 17.3 Å². The lowest BCUT2D eigenvalue weighted by Gasteiger charge is -2.17. The van der Waals surface area contributed by atoms with Gasteiger partial charge in [0.2, 0.25) is 0 Å². The van der Waals surface area contributed by atoms with Gasteiger partial charge in [0, 0.05) is 55.9 Å². The third kappa shape index (κ3) is 5.15. The van der Waals surface area contributed by atoms with Gasteiger partial charge in [-0.25, -0.2) is 4.98 Å². The van der Waals surface area contributed by atoms with E-state index in [1.807, 2.05) is 32.0 Å². The zero-order chi connectivity index (χ0) is 23.3. The van der Waals surface area contributed by atoms with Crippen LogP contribution < -0.4 is 21.9 Å². The molecule has 3 aromatic rings. The Labute approximate surface area is 188 Å². The van der Waals surface area contributed by atoms with Crippen LogP contribution in [0.2, 0.25) is 0 Å². The average Bonchev–Trinajstić information content (AvgIpc) is 2.78.